The lowest BCUT2D eigenvalue weighted by Crippen LogP contribution is -2.35. The molecule has 0 aliphatic carbocycles. The standard InChI is InChI=1S/C10H20O2/c1-4-7-9(12)10(5-2,6-3)8-11/h8-9,12H,4-7H2,1-3H3. The third kappa shape index (κ3) is 2.31. The van der Waals surface area contributed by atoms with Gasteiger partial charge in [0.25, 0.3) is 0 Å². The van der Waals surface area contributed by atoms with Crippen LogP contribution in [0.3, 0.4) is 0 Å². The Labute approximate surface area is 75.0 Å². The van der Waals surface area contributed by atoms with Crippen LogP contribution in [0.25, 0.3) is 0 Å². The van der Waals surface area contributed by atoms with Crippen molar-refractivity contribution in [3.8, 4) is 0 Å². The van der Waals surface area contributed by atoms with Crippen molar-refractivity contribution in [1.82, 2.24) is 0 Å². The first kappa shape index (κ1) is 11.6. The molecule has 0 fully saturated rings. The Bertz CT molecular complexity index is 128. The lowest BCUT2D eigenvalue weighted by molar-refractivity contribution is -0.123. The molecule has 0 rings (SSSR count). The van der Waals surface area contributed by atoms with Crippen LogP contribution in [-0.2, 0) is 4.79 Å². The summed E-state index contributed by atoms with van der Waals surface area (Å²) >= 11 is 0. The summed E-state index contributed by atoms with van der Waals surface area (Å²) < 4.78 is 0. The number of hydrogen-bond acceptors (Lipinski definition) is 2. The minimum Gasteiger partial charge on any atom is -0.392 e. The maximum atomic E-state index is 10.8. The van der Waals surface area contributed by atoms with Gasteiger partial charge < -0.3 is 9.90 Å². The fourth-order valence-corrected chi connectivity index (χ4v) is 1.53. The monoisotopic (exact) mass is 172 g/mol. The first-order chi connectivity index (χ1) is 5.66. The Morgan fingerprint density at radius 3 is 2.08 bits per heavy atom. The summed E-state index contributed by atoms with van der Waals surface area (Å²) in [5, 5.41) is 9.73. The van der Waals surface area contributed by atoms with E-state index in [9.17, 15) is 9.90 Å². The van der Waals surface area contributed by atoms with Gasteiger partial charge in [-0.25, -0.2) is 0 Å². The summed E-state index contributed by atoms with van der Waals surface area (Å²) in [6.07, 6.45) is 3.57. The molecule has 1 atom stereocenters. The zero-order chi connectivity index (χ0) is 9.61. The molecule has 0 radical (unpaired) electrons. The quantitative estimate of drug-likeness (QED) is 0.623. The molecule has 0 aliphatic heterocycles. The van der Waals surface area contributed by atoms with E-state index in [0.717, 1.165) is 32.0 Å². The zero-order valence-electron chi connectivity index (χ0n) is 8.34. The van der Waals surface area contributed by atoms with Crippen molar-refractivity contribution in [2.75, 3.05) is 0 Å². The number of hydrogen-bond donors (Lipinski definition) is 1. The number of aliphatic hydroxyl groups excluding tert-OH is 1. The van der Waals surface area contributed by atoms with Crippen molar-refractivity contribution in [2.45, 2.75) is 52.6 Å². The maximum absolute atomic E-state index is 10.8. The third-order valence-corrected chi connectivity index (χ3v) is 2.78. The molecule has 2 heteroatoms. The van der Waals surface area contributed by atoms with E-state index in [1.165, 1.54) is 0 Å². The molecule has 0 heterocycles. The minimum atomic E-state index is -0.490. The molecule has 0 bridgehead atoms. The molecule has 0 saturated carbocycles. The van der Waals surface area contributed by atoms with Gasteiger partial charge in [0.15, 0.2) is 0 Å². The molecule has 1 unspecified atom stereocenters. The van der Waals surface area contributed by atoms with Crippen LogP contribution in [-0.4, -0.2) is 17.5 Å². The van der Waals surface area contributed by atoms with Gasteiger partial charge in [-0.3, -0.25) is 0 Å². The van der Waals surface area contributed by atoms with Crippen molar-refractivity contribution in [2.24, 2.45) is 5.41 Å². The van der Waals surface area contributed by atoms with Gasteiger partial charge in [-0.1, -0.05) is 27.2 Å². The van der Waals surface area contributed by atoms with Gasteiger partial charge in [-0.05, 0) is 19.3 Å². The second-order valence-electron chi connectivity index (χ2n) is 3.36. The second-order valence-corrected chi connectivity index (χ2v) is 3.36. The van der Waals surface area contributed by atoms with Crippen molar-refractivity contribution >= 4 is 6.29 Å². The normalized spacial score (nSPS) is 14.3. The van der Waals surface area contributed by atoms with Crippen molar-refractivity contribution in [1.29, 1.82) is 0 Å². The highest BCUT2D eigenvalue weighted by atomic mass is 16.3. The molecule has 0 amide bonds. The summed E-state index contributed by atoms with van der Waals surface area (Å²) in [6.45, 7) is 5.93. The first-order valence-electron chi connectivity index (χ1n) is 4.81. The van der Waals surface area contributed by atoms with Gasteiger partial charge >= 0.3 is 0 Å². The van der Waals surface area contributed by atoms with Crippen LogP contribution in [0.2, 0.25) is 0 Å². The Morgan fingerprint density at radius 2 is 1.83 bits per heavy atom. The lowest BCUT2D eigenvalue weighted by Gasteiger charge is -2.30. The van der Waals surface area contributed by atoms with Crippen LogP contribution in [0, 0.1) is 5.41 Å². The van der Waals surface area contributed by atoms with Gasteiger partial charge in [0.1, 0.15) is 6.29 Å². The highest BCUT2D eigenvalue weighted by Crippen LogP contribution is 2.30. The van der Waals surface area contributed by atoms with Crippen LogP contribution in [0.4, 0.5) is 0 Å². The number of aliphatic hydroxyl groups is 1. The van der Waals surface area contributed by atoms with Crippen LogP contribution >= 0.6 is 0 Å². The van der Waals surface area contributed by atoms with Gasteiger partial charge in [0.05, 0.1) is 11.5 Å². The SMILES string of the molecule is CCCC(O)C(C=O)(CC)CC. The van der Waals surface area contributed by atoms with E-state index in [4.69, 9.17) is 0 Å². The summed E-state index contributed by atoms with van der Waals surface area (Å²) in [4.78, 5) is 10.8. The average Bonchev–Trinajstić information content (AvgIpc) is 2.09. The molecule has 72 valence electrons. The fraction of sp³-hybridized carbons (Fsp3) is 0.900. The largest absolute Gasteiger partial charge is 0.392 e. The Kier molecular flexibility index (Phi) is 5.14. The molecule has 1 N–H and O–H groups in total. The van der Waals surface area contributed by atoms with E-state index >= 15 is 0 Å². The second kappa shape index (κ2) is 5.31. The van der Waals surface area contributed by atoms with Crippen molar-refractivity contribution < 1.29 is 9.90 Å². The van der Waals surface area contributed by atoms with Crippen LogP contribution < -0.4 is 0 Å². The maximum Gasteiger partial charge on any atom is 0.128 e. The third-order valence-electron chi connectivity index (χ3n) is 2.78. The minimum absolute atomic E-state index is 0.463. The van der Waals surface area contributed by atoms with E-state index in [0.29, 0.717) is 0 Å². The predicted octanol–water partition coefficient (Wildman–Crippen LogP) is 2.15. The summed E-state index contributed by atoms with van der Waals surface area (Å²) in [5.41, 5.74) is -0.490. The van der Waals surface area contributed by atoms with Gasteiger partial charge in [-0.2, -0.15) is 0 Å². The van der Waals surface area contributed by atoms with Crippen LogP contribution in [0.1, 0.15) is 46.5 Å². The smallest absolute Gasteiger partial charge is 0.128 e. The molecule has 0 aromatic heterocycles. The number of carbonyl (C=O) groups excluding carboxylic acids is 1. The van der Waals surface area contributed by atoms with Crippen molar-refractivity contribution in [3.05, 3.63) is 0 Å². The molecular weight excluding hydrogens is 152 g/mol. The Hall–Kier alpha value is -0.370. The van der Waals surface area contributed by atoms with E-state index in [-0.39, 0.29) is 0 Å². The van der Waals surface area contributed by atoms with Crippen molar-refractivity contribution in [3.63, 3.8) is 0 Å². The topological polar surface area (TPSA) is 37.3 Å². The van der Waals surface area contributed by atoms with E-state index < -0.39 is 11.5 Å². The summed E-state index contributed by atoms with van der Waals surface area (Å²) in [7, 11) is 0. The van der Waals surface area contributed by atoms with Gasteiger partial charge in [-0.15, -0.1) is 0 Å². The van der Waals surface area contributed by atoms with Crippen LogP contribution in [0.15, 0.2) is 0 Å². The molecule has 0 spiro atoms. The summed E-state index contributed by atoms with van der Waals surface area (Å²) in [6, 6.07) is 0. The van der Waals surface area contributed by atoms with Crippen LogP contribution in [0.5, 0.6) is 0 Å². The molecule has 2 nitrogen and oxygen atoms in total. The molecule has 12 heavy (non-hydrogen) atoms. The molecule has 0 aliphatic rings. The Balaban J connectivity index is 4.35. The number of aldehydes is 1. The van der Waals surface area contributed by atoms with E-state index in [2.05, 4.69) is 0 Å². The highest BCUT2D eigenvalue weighted by molar-refractivity contribution is 5.60. The lowest BCUT2D eigenvalue weighted by atomic mass is 9.77. The average molecular weight is 172 g/mol. The fourth-order valence-electron chi connectivity index (χ4n) is 1.53. The summed E-state index contributed by atoms with van der Waals surface area (Å²) in [5.74, 6) is 0. The molecule has 0 saturated heterocycles. The van der Waals surface area contributed by atoms with Gasteiger partial charge in [0, 0.05) is 0 Å². The number of carbonyl (C=O) groups is 1. The predicted molar refractivity (Wildman–Crippen MR) is 50.0 cm³/mol. The molecule has 0 aromatic rings. The molecular formula is C10H20O2. The van der Waals surface area contributed by atoms with Gasteiger partial charge in [0.2, 0.25) is 0 Å². The first-order valence-corrected chi connectivity index (χ1v) is 4.81. The number of rotatable bonds is 6. The highest BCUT2D eigenvalue weighted by Gasteiger charge is 2.33. The van der Waals surface area contributed by atoms with E-state index in [1.807, 2.05) is 20.8 Å². The van der Waals surface area contributed by atoms with E-state index in [1.54, 1.807) is 0 Å². The molecule has 0 aromatic carbocycles. The Morgan fingerprint density at radius 1 is 1.33 bits per heavy atom. The zero-order valence-corrected chi connectivity index (χ0v) is 8.34.